The maximum atomic E-state index is 12.0. The molecule has 178 valence electrons. The van der Waals surface area contributed by atoms with E-state index >= 15 is 0 Å². The molecule has 0 bridgehead atoms. The molecule has 0 aliphatic carbocycles. The van der Waals surface area contributed by atoms with Gasteiger partial charge in [-0.25, -0.2) is 0 Å². The lowest BCUT2D eigenvalue weighted by molar-refractivity contribution is -0.182. The SMILES string of the molecule is O=C(O)CC(=O)CC(O)(CC(=O)CC(=O)O)C(O)(CC(=O)CC(=O)O)CC(=O)CC(=O)O. The summed E-state index contributed by atoms with van der Waals surface area (Å²) in [6.45, 7) is 0. The summed E-state index contributed by atoms with van der Waals surface area (Å²) in [6, 6.07) is 0. The third-order valence-electron chi connectivity index (χ3n) is 4.22. The minimum Gasteiger partial charge on any atom is -0.481 e. The topological polar surface area (TPSA) is 258 Å². The number of carbonyl (C=O) groups excluding carboxylic acids is 4. The Bertz CT molecular complexity index is 696. The van der Waals surface area contributed by atoms with Crippen molar-refractivity contribution in [2.45, 2.75) is 62.6 Å². The van der Waals surface area contributed by atoms with Crippen molar-refractivity contribution in [2.24, 2.45) is 0 Å². The lowest BCUT2D eigenvalue weighted by Crippen LogP contribution is -2.58. The Hall–Kier alpha value is -3.52. The van der Waals surface area contributed by atoms with Crippen molar-refractivity contribution in [3.05, 3.63) is 0 Å². The van der Waals surface area contributed by atoms with E-state index < -0.39 is 110 Å². The third kappa shape index (κ3) is 9.99. The number of Topliss-reactive ketones (excluding diaryl/α,β-unsaturated/α-hetero) is 4. The zero-order valence-corrected chi connectivity index (χ0v) is 16.6. The minimum atomic E-state index is -3.09. The summed E-state index contributed by atoms with van der Waals surface area (Å²) in [6.07, 6.45) is -10.2. The van der Waals surface area contributed by atoms with E-state index in [-0.39, 0.29) is 0 Å². The lowest BCUT2D eigenvalue weighted by atomic mass is 9.70. The fourth-order valence-electron chi connectivity index (χ4n) is 3.01. The van der Waals surface area contributed by atoms with E-state index in [4.69, 9.17) is 20.4 Å². The molecule has 0 aromatic rings. The van der Waals surface area contributed by atoms with E-state index in [1.54, 1.807) is 0 Å². The van der Waals surface area contributed by atoms with Crippen molar-refractivity contribution in [3.63, 3.8) is 0 Å². The summed E-state index contributed by atoms with van der Waals surface area (Å²) in [5.41, 5.74) is -6.18. The molecule has 0 radical (unpaired) electrons. The van der Waals surface area contributed by atoms with Crippen molar-refractivity contribution in [2.75, 3.05) is 0 Å². The molecule has 14 nitrogen and oxygen atoms in total. The molecule has 14 heteroatoms. The molecule has 0 unspecified atom stereocenters. The highest BCUT2D eigenvalue weighted by Crippen LogP contribution is 2.37. The van der Waals surface area contributed by atoms with Crippen LogP contribution < -0.4 is 0 Å². The number of hydrogen-bond donors (Lipinski definition) is 6. The Kier molecular flexibility index (Phi) is 10.5. The van der Waals surface area contributed by atoms with Gasteiger partial charge in [-0.05, 0) is 0 Å². The highest BCUT2D eigenvalue weighted by molar-refractivity contribution is 6.00. The van der Waals surface area contributed by atoms with E-state index in [1.807, 2.05) is 0 Å². The Labute approximate surface area is 179 Å². The number of aliphatic carboxylic acids is 4. The van der Waals surface area contributed by atoms with Crippen molar-refractivity contribution in [1.82, 2.24) is 0 Å². The fourth-order valence-corrected chi connectivity index (χ4v) is 3.01. The highest BCUT2D eigenvalue weighted by atomic mass is 16.4. The van der Waals surface area contributed by atoms with Gasteiger partial charge in [0.2, 0.25) is 0 Å². The fraction of sp³-hybridized carbons (Fsp3) is 0.556. The average Bonchev–Trinajstić information content (AvgIpc) is 2.49. The van der Waals surface area contributed by atoms with E-state index in [2.05, 4.69) is 0 Å². The standard InChI is InChI=1S/C18H22O14/c19-9(1-13(23)24)5-17(31,6-10(20)2-14(25)26)18(32,7-11(21)3-15(27)28)8-12(22)4-16(29)30/h31-32H,1-8H2,(H,23,24)(H,25,26)(H,27,28)(H,29,30). The Morgan fingerprint density at radius 3 is 0.688 bits per heavy atom. The summed E-state index contributed by atoms with van der Waals surface area (Å²) in [5, 5.41) is 56.9. The van der Waals surface area contributed by atoms with Gasteiger partial charge in [0.25, 0.3) is 0 Å². The van der Waals surface area contributed by atoms with Crippen LogP contribution in [0.5, 0.6) is 0 Å². The average molecular weight is 462 g/mol. The van der Waals surface area contributed by atoms with Gasteiger partial charge in [0.05, 0.1) is 0 Å². The first-order chi connectivity index (χ1) is 14.5. The highest BCUT2D eigenvalue weighted by Gasteiger charge is 2.53. The van der Waals surface area contributed by atoms with Gasteiger partial charge in [-0.15, -0.1) is 0 Å². The van der Waals surface area contributed by atoms with Gasteiger partial charge >= 0.3 is 23.9 Å². The number of rotatable bonds is 17. The van der Waals surface area contributed by atoms with Gasteiger partial charge < -0.3 is 30.6 Å². The van der Waals surface area contributed by atoms with Crippen LogP contribution >= 0.6 is 0 Å². The molecule has 0 amide bonds. The van der Waals surface area contributed by atoms with Crippen molar-refractivity contribution >= 4 is 47.0 Å². The van der Waals surface area contributed by atoms with Crippen molar-refractivity contribution < 1.29 is 69.0 Å². The molecule has 0 atom stereocenters. The van der Waals surface area contributed by atoms with Gasteiger partial charge in [0, 0.05) is 25.7 Å². The van der Waals surface area contributed by atoms with Crippen LogP contribution in [0.2, 0.25) is 0 Å². The maximum absolute atomic E-state index is 12.0. The van der Waals surface area contributed by atoms with E-state index in [1.165, 1.54) is 0 Å². The first kappa shape index (κ1) is 28.5. The second kappa shape index (κ2) is 11.8. The normalized spacial score (nSPS) is 11.4. The number of carboxylic acid groups (broad SMARTS) is 4. The summed E-state index contributed by atoms with van der Waals surface area (Å²) in [5.74, 6) is -11.8. The molecule has 0 aromatic carbocycles. The van der Waals surface area contributed by atoms with Crippen LogP contribution in [0, 0.1) is 0 Å². The predicted molar refractivity (Wildman–Crippen MR) is 97.4 cm³/mol. The lowest BCUT2D eigenvalue weighted by Gasteiger charge is -2.42. The molecule has 0 saturated heterocycles. The Morgan fingerprint density at radius 1 is 0.406 bits per heavy atom. The zero-order valence-electron chi connectivity index (χ0n) is 16.6. The molecular weight excluding hydrogens is 440 g/mol. The molecule has 0 aromatic heterocycles. The monoisotopic (exact) mass is 462 g/mol. The number of carbonyl (C=O) groups is 8. The van der Waals surface area contributed by atoms with Gasteiger partial charge in [0.15, 0.2) is 0 Å². The van der Waals surface area contributed by atoms with Gasteiger partial charge in [-0.1, -0.05) is 0 Å². The zero-order chi connectivity index (χ0) is 25.3. The minimum absolute atomic E-state index is 1.21. The van der Waals surface area contributed by atoms with Gasteiger partial charge in [-0.2, -0.15) is 0 Å². The molecule has 0 spiro atoms. The van der Waals surface area contributed by atoms with Crippen LogP contribution in [-0.4, -0.2) is 88.9 Å². The molecule has 0 rings (SSSR count). The second-order valence-electron chi connectivity index (χ2n) is 7.21. The summed E-state index contributed by atoms with van der Waals surface area (Å²) in [4.78, 5) is 91.1. The van der Waals surface area contributed by atoms with E-state index in [0.29, 0.717) is 0 Å². The van der Waals surface area contributed by atoms with Crippen LogP contribution in [0.3, 0.4) is 0 Å². The van der Waals surface area contributed by atoms with Crippen LogP contribution in [-0.2, 0) is 38.4 Å². The molecule has 6 N–H and O–H groups in total. The predicted octanol–water partition coefficient (Wildman–Crippen LogP) is -1.82. The number of ketones is 4. The van der Waals surface area contributed by atoms with Crippen LogP contribution in [0.25, 0.3) is 0 Å². The van der Waals surface area contributed by atoms with Crippen molar-refractivity contribution in [3.8, 4) is 0 Å². The largest absolute Gasteiger partial charge is 0.481 e. The van der Waals surface area contributed by atoms with Crippen molar-refractivity contribution in [1.29, 1.82) is 0 Å². The van der Waals surface area contributed by atoms with E-state index in [9.17, 15) is 48.6 Å². The third-order valence-corrected chi connectivity index (χ3v) is 4.22. The molecule has 0 aliphatic heterocycles. The second-order valence-corrected chi connectivity index (χ2v) is 7.21. The first-order valence-corrected chi connectivity index (χ1v) is 8.88. The number of carboxylic acids is 4. The molecular formula is C18H22O14. The first-order valence-electron chi connectivity index (χ1n) is 8.88. The summed E-state index contributed by atoms with van der Waals surface area (Å²) in [7, 11) is 0. The molecule has 0 aliphatic rings. The van der Waals surface area contributed by atoms with Crippen LogP contribution in [0.1, 0.15) is 51.4 Å². The Morgan fingerprint density at radius 2 is 0.562 bits per heavy atom. The molecule has 0 fully saturated rings. The smallest absolute Gasteiger partial charge is 0.310 e. The van der Waals surface area contributed by atoms with E-state index in [0.717, 1.165) is 0 Å². The summed E-state index contributed by atoms with van der Waals surface area (Å²) < 4.78 is 0. The Balaban J connectivity index is 6.33. The summed E-state index contributed by atoms with van der Waals surface area (Å²) >= 11 is 0. The maximum Gasteiger partial charge on any atom is 0.310 e. The number of hydrogen-bond acceptors (Lipinski definition) is 10. The molecule has 32 heavy (non-hydrogen) atoms. The van der Waals surface area contributed by atoms with Crippen LogP contribution in [0.15, 0.2) is 0 Å². The molecule has 0 saturated carbocycles. The number of aliphatic hydroxyl groups is 2. The van der Waals surface area contributed by atoms with Gasteiger partial charge in [-0.3, -0.25) is 38.4 Å². The van der Waals surface area contributed by atoms with Gasteiger partial charge in [0.1, 0.15) is 60.0 Å². The quantitative estimate of drug-likeness (QED) is 0.130. The molecule has 0 heterocycles. The van der Waals surface area contributed by atoms with Crippen LogP contribution in [0.4, 0.5) is 0 Å².